The molecule has 3 aromatic rings. The van der Waals surface area contributed by atoms with Crippen LogP contribution < -0.4 is 11.1 Å². The van der Waals surface area contributed by atoms with Crippen molar-refractivity contribution in [1.29, 1.82) is 0 Å². The molecule has 6 heteroatoms. The summed E-state index contributed by atoms with van der Waals surface area (Å²) in [4.78, 5) is 17.0. The van der Waals surface area contributed by atoms with Gasteiger partial charge in [0.25, 0.3) is 5.91 Å². The fourth-order valence-electron chi connectivity index (χ4n) is 1.77. The molecule has 3 heterocycles. The van der Waals surface area contributed by atoms with E-state index in [1.807, 2.05) is 24.4 Å². The number of thiophene rings is 2. The van der Waals surface area contributed by atoms with Gasteiger partial charge in [-0.1, -0.05) is 0 Å². The first-order valence-corrected chi connectivity index (χ1v) is 7.33. The summed E-state index contributed by atoms with van der Waals surface area (Å²) in [5.74, 6) is 0.421. The summed E-state index contributed by atoms with van der Waals surface area (Å²) < 4.78 is 2.27. The molecule has 0 bridgehead atoms. The third-order valence-electron chi connectivity index (χ3n) is 2.69. The molecular weight excluding hydrogens is 278 g/mol. The van der Waals surface area contributed by atoms with Crippen molar-refractivity contribution in [3.05, 3.63) is 40.2 Å². The van der Waals surface area contributed by atoms with Gasteiger partial charge in [-0.2, -0.15) is 0 Å². The minimum absolute atomic E-state index is 0.131. The number of amides is 1. The minimum Gasteiger partial charge on any atom is -0.397 e. The van der Waals surface area contributed by atoms with Gasteiger partial charge in [-0.25, -0.2) is 4.98 Å². The van der Waals surface area contributed by atoms with Gasteiger partial charge in [0.2, 0.25) is 0 Å². The first-order valence-electron chi connectivity index (χ1n) is 5.64. The molecule has 0 aliphatic heterocycles. The van der Waals surface area contributed by atoms with Gasteiger partial charge in [0.05, 0.1) is 16.8 Å². The van der Waals surface area contributed by atoms with Crippen LogP contribution in [-0.2, 0) is 0 Å². The summed E-state index contributed by atoms with van der Waals surface area (Å²) in [6, 6.07) is 5.72. The Morgan fingerprint density at radius 2 is 2.21 bits per heavy atom. The summed E-state index contributed by atoms with van der Waals surface area (Å²) in [7, 11) is 0. The molecule has 96 valence electrons. The molecule has 0 saturated carbocycles. The lowest BCUT2D eigenvalue weighted by molar-refractivity contribution is 0.103. The molecule has 0 aliphatic rings. The quantitative estimate of drug-likeness (QED) is 0.758. The number of pyridine rings is 1. The van der Waals surface area contributed by atoms with Crippen molar-refractivity contribution in [3.63, 3.8) is 0 Å². The number of hydrogen-bond donors (Lipinski definition) is 2. The van der Waals surface area contributed by atoms with Crippen molar-refractivity contribution >= 4 is 49.5 Å². The summed E-state index contributed by atoms with van der Waals surface area (Å²) in [6.07, 6.45) is 1.54. The van der Waals surface area contributed by atoms with Gasteiger partial charge in [0, 0.05) is 9.40 Å². The Bertz CT molecular complexity index is 732. The predicted octanol–water partition coefficient (Wildman–Crippen LogP) is 3.50. The highest BCUT2D eigenvalue weighted by molar-refractivity contribution is 7.27. The maximum atomic E-state index is 12.2. The topological polar surface area (TPSA) is 68.0 Å². The van der Waals surface area contributed by atoms with E-state index in [-0.39, 0.29) is 5.91 Å². The second-order valence-corrected chi connectivity index (χ2v) is 6.18. The van der Waals surface area contributed by atoms with Crippen molar-refractivity contribution in [2.75, 3.05) is 11.1 Å². The molecule has 3 rings (SSSR count). The van der Waals surface area contributed by atoms with Crippen LogP contribution in [-0.4, -0.2) is 10.9 Å². The minimum atomic E-state index is -0.131. The van der Waals surface area contributed by atoms with Crippen LogP contribution in [0.2, 0.25) is 0 Å². The third kappa shape index (κ3) is 2.32. The number of nitrogen functional groups attached to an aromatic ring is 1. The molecular formula is C13H11N3OS2. The Morgan fingerprint density at radius 3 is 2.95 bits per heavy atom. The van der Waals surface area contributed by atoms with E-state index in [9.17, 15) is 4.79 Å². The van der Waals surface area contributed by atoms with Crippen LogP contribution in [0.5, 0.6) is 0 Å². The number of nitrogens with zero attached hydrogens (tertiary/aromatic N) is 1. The number of nitrogens with two attached hydrogens (primary N) is 1. The molecule has 0 spiro atoms. The van der Waals surface area contributed by atoms with Gasteiger partial charge in [-0.15, -0.1) is 22.7 Å². The van der Waals surface area contributed by atoms with Crippen LogP contribution in [0.3, 0.4) is 0 Å². The van der Waals surface area contributed by atoms with Gasteiger partial charge >= 0.3 is 0 Å². The van der Waals surface area contributed by atoms with Gasteiger partial charge in [0.1, 0.15) is 5.82 Å². The molecule has 1 amide bonds. The largest absolute Gasteiger partial charge is 0.397 e. The molecule has 4 nitrogen and oxygen atoms in total. The monoisotopic (exact) mass is 289 g/mol. The van der Waals surface area contributed by atoms with Gasteiger partial charge < -0.3 is 11.1 Å². The Hall–Kier alpha value is -1.92. The van der Waals surface area contributed by atoms with E-state index in [4.69, 9.17) is 5.73 Å². The van der Waals surface area contributed by atoms with Crippen molar-refractivity contribution in [1.82, 2.24) is 4.98 Å². The number of hydrogen-bond acceptors (Lipinski definition) is 5. The fourth-order valence-corrected chi connectivity index (χ4v) is 3.78. The van der Waals surface area contributed by atoms with E-state index in [0.29, 0.717) is 16.4 Å². The van der Waals surface area contributed by atoms with E-state index in [1.165, 1.54) is 17.5 Å². The Kier molecular flexibility index (Phi) is 2.96. The maximum Gasteiger partial charge on any atom is 0.266 e. The molecule has 3 aromatic heterocycles. The normalized spacial score (nSPS) is 10.8. The second kappa shape index (κ2) is 4.64. The number of aromatic nitrogens is 1. The van der Waals surface area contributed by atoms with Crippen LogP contribution in [0, 0.1) is 6.92 Å². The number of carbonyl (C=O) groups is 1. The lowest BCUT2D eigenvalue weighted by Crippen LogP contribution is -2.12. The van der Waals surface area contributed by atoms with Gasteiger partial charge in [0.15, 0.2) is 0 Å². The van der Waals surface area contributed by atoms with E-state index in [1.54, 1.807) is 17.4 Å². The van der Waals surface area contributed by atoms with Crippen LogP contribution >= 0.6 is 22.7 Å². The molecule has 19 heavy (non-hydrogen) atoms. The number of rotatable bonds is 2. The van der Waals surface area contributed by atoms with Crippen molar-refractivity contribution in [2.24, 2.45) is 0 Å². The lowest BCUT2D eigenvalue weighted by Gasteiger charge is -2.06. The first kappa shape index (κ1) is 12.1. The molecule has 0 saturated heterocycles. The predicted molar refractivity (Wildman–Crippen MR) is 81.0 cm³/mol. The van der Waals surface area contributed by atoms with Crippen LogP contribution in [0.15, 0.2) is 29.8 Å². The molecule has 0 atom stereocenters. The van der Waals surface area contributed by atoms with Crippen molar-refractivity contribution in [3.8, 4) is 0 Å². The number of aryl methyl sites for hydroxylation is 1. The smallest absolute Gasteiger partial charge is 0.266 e. The summed E-state index contributed by atoms with van der Waals surface area (Å²) >= 11 is 3.12. The number of fused-ring (bicyclic) bond motifs is 1. The lowest BCUT2D eigenvalue weighted by atomic mass is 10.2. The molecule has 0 aromatic carbocycles. The number of nitrogens with one attached hydrogen (secondary N) is 1. The van der Waals surface area contributed by atoms with Crippen molar-refractivity contribution < 1.29 is 4.79 Å². The van der Waals surface area contributed by atoms with Gasteiger partial charge in [-0.3, -0.25) is 4.79 Å². The number of carbonyl (C=O) groups excluding carboxylic acids is 1. The zero-order valence-electron chi connectivity index (χ0n) is 10.1. The standard InChI is InChI=1S/C13H11N3OS2/c1-7-4-8(14)6-15-12(7)16-13(17)11-5-10-9(19-11)2-3-18-10/h2-6H,14H2,1H3,(H,15,16,17). The summed E-state index contributed by atoms with van der Waals surface area (Å²) in [6.45, 7) is 1.87. The summed E-state index contributed by atoms with van der Waals surface area (Å²) in [5.41, 5.74) is 7.08. The molecule has 3 N–H and O–H groups in total. The molecule has 0 radical (unpaired) electrons. The highest BCUT2D eigenvalue weighted by atomic mass is 32.1. The van der Waals surface area contributed by atoms with E-state index in [2.05, 4.69) is 10.3 Å². The van der Waals surface area contributed by atoms with Crippen LogP contribution in [0.4, 0.5) is 11.5 Å². The Morgan fingerprint density at radius 1 is 1.37 bits per heavy atom. The first-order chi connectivity index (χ1) is 9.13. The second-order valence-electron chi connectivity index (χ2n) is 4.15. The Labute approximate surface area is 117 Å². The van der Waals surface area contributed by atoms with Crippen LogP contribution in [0.25, 0.3) is 9.40 Å². The Balaban J connectivity index is 1.86. The van der Waals surface area contributed by atoms with Crippen molar-refractivity contribution in [2.45, 2.75) is 6.92 Å². The third-order valence-corrected chi connectivity index (χ3v) is 4.79. The maximum absolute atomic E-state index is 12.2. The van der Waals surface area contributed by atoms with E-state index in [0.717, 1.165) is 15.0 Å². The molecule has 0 aliphatic carbocycles. The zero-order valence-corrected chi connectivity index (χ0v) is 11.8. The highest BCUT2D eigenvalue weighted by Gasteiger charge is 2.12. The SMILES string of the molecule is Cc1cc(N)cnc1NC(=O)c1cc2sccc2s1. The summed E-state index contributed by atoms with van der Waals surface area (Å²) in [5, 5.41) is 4.84. The molecule has 0 unspecified atom stereocenters. The fraction of sp³-hybridized carbons (Fsp3) is 0.0769. The van der Waals surface area contributed by atoms with Gasteiger partial charge in [-0.05, 0) is 36.1 Å². The van der Waals surface area contributed by atoms with E-state index < -0.39 is 0 Å². The zero-order chi connectivity index (χ0) is 13.4. The van der Waals surface area contributed by atoms with E-state index >= 15 is 0 Å². The average Bonchev–Trinajstić information content (AvgIpc) is 2.93. The number of anilines is 2. The average molecular weight is 289 g/mol. The molecule has 0 fully saturated rings. The highest BCUT2D eigenvalue weighted by Crippen LogP contribution is 2.30. The van der Waals surface area contributed by atoms with Crippen LogP contribution in [0.1, 0.15) is 15.2 Å².